The van der Waals surface area contributed by atoms with Crippen LogP contribution < -0.4 is 10.6 Å². The average molecular weight is 726 g/mol. The fourth-order valence-electron chi connectivity index (χ4n) is 4.98. The van der Waals surface area contributed by atoms with Gasteiger partial charge in [-0.1, -0.05) is 52.7 Å². The number of nitrogens with one attached hydrogen (secondary N) is 2. The third-order valence-corrected chi connectivity index (χ3v) is 12.6. The highest BCUT2D eigenvalue weighted by molar-refractivity contribution is 7.89. The van der Waals surface area contributed by atoms with E-state index in [9.17, 15) is 26.4 Å². The second kappa shape index (κ2) is 17.1. The van der Waals surface area contributed by atoms with Crippen LogP contribution in [0.4, 0.5) is 10.8 Å². The fourth-order valence-corrected chi connectivity index (χ4v) is 8.67. The number of rotatable bonds is 17. The number of unbranched alkanes of at least 4 members (excludes halogenated alkanes) is 2. The minimum Gasteiger partial charge on any atom is -0.322 e. The van der Waals surface area contributed by atoms with Crippen LogP contribution in [0.3, 0.4) is 0 Å². The van der Waals surface area contributed by atoms with E-state index in [4.69, 9.17) is 0 Å². The summed E-state index contributed by atoms with van der Waals surface area (Å²) >= 11 is 1.25. The van der Waals surface area contributed by atoms with E-state index in [1.54, 1.807) is 43.5 Å². The standard InChI is InChI=1S/C35H43N5O6S3/c1-5-9-23-39(7-3)48(43,44)30-19-13-27(14-20-30)33(41)36-29-17-11-26(12-18-29)32-25-47-35(37-32)38-34(42)28-15-21-31(22-16-28)49(45,46)40(8-4)24-10-6-2/h11-22,25H,5-10,23-24H2,1-4H3,(H,36,41)(H,37,38,42). The molecule has 49 heavy (non-hydrogen) atoms. The quantitative estimate of drug-likeness (QED) is 0.120. The van der Waals surface area contributed by atoms with Gasteiger partial charge in [0.25, 0.3) is 11.8 Å². The molecule has 0 aliphatic rings. The van der Waals surface area contributed by atoms with E-state index in [0.29, 0.717) is 53.8 Å². The lowest BCUT2D eigenvalue weighted by Crippen LogP contribution is -2.31. The first-order valence-corrected chi connectivity index (χ1v) is 20.1. The lowest BCUT2D eigenvalue weighted by molar-refractivity contribution is 0.101. The van der Waals surface area contributed by atoms with Gasteiger partial charge in [-0.2, -0.15) is 8.61 Å². The first-order chi connectivity index (χ1) is 23.4. The minimum absolute atomic E-state index is 0.142. The van der Waals surface area contributed by atoms with Gasteiger partial charge in [-0.25, -0.2) is 21.8 Å². The van der Waals surface area contributed by atoms with Crippen molar-refractivity contribution >= 4 is 54.0 Å². The fraction of sp³-hybridized carbons (Fsp3) is 0.343. The number of nitrogens with zero attached hydrogens (tertiary/aromatic N) is 3. The molecular weight excluding hydrogens is 683 g/mol. The van der Waals surface area contributed by atoms with E-state index < -0.39 is 26.0 Å². The zero-order valence-corrected chi connectivity index (χ0v) is 30.6. The maximum Gasteiger partial charge on any atom is 0.257 e. The molecule has 1 aromatic heterocycles. The van der Waals surface area contributed by atoms with E-state index in [2.05, 4.69) is 15.6 Å². The Balaban J connectivity index is 1.35. The lowest BCUT2D eigenvalue weighted by Gasteiger charge is -2.20. The Morgan fingerprint density at radius 3 is 1.53 bits per heavy atom. The molecule has 262 valence electrons. The molecule has 2 N–H and O–H groups in total. The summed E-state index contributed by atoms with van der Waals surface area (Å²) in [5.74, 6) is -0.787. The number of hydrogen-bond acceptors (Lipinski definition) is 8. The SMILES string of the molecule is CCCCN(CC)S(=O)(=O)c1ccc(C(=O)Nc2ccc(-c3csc(NC(=O)c4ccc(S(=O)(=O)N(CC)CCCC)cc4)n3)cc2)cc1. The van der Waals surface area contributed by atoms with Crippen molar-refractivity contribution in [1.29, 1.82) is 0 Å². The summed E-state index contributed by atoms with van der Waals surface area (Å²) in [6, 6.07) is 18.8. The normalized spacial score (nSPS) is 12.0. The number of aromatic nitrogens is 1. The number of hydrogen-bond donors (Lipinski definition) is 2. The third-order valence-electron chi connectivity index (χ3n) is 7.90. The van der Waals surface area contributed by atoms with E-state index in [-0.39, 0.29) is 15.7 Å². The van der Waals surface area contributed by atoms with Crippen LogP contribution in [-0.4, -0.2) is 68.4 Å². The first kappa shape index (κ1) is 37.9. The molecule has 3 aromatic carbocycles. The Hall–Kier alpha value is -3.95. The van der Waals surface area contributed by atoms with Crippen molar-refractivity contribution in [2.45, 2.75) is 63.2 Å². The lowest BCUT2D eigenvalue weighted by atomic mass is 10.1. The molecule has 1 heterocycles. The summed E-state index contributed by atoms with van der Waals surface area (Å²) in [6.07, 6.45) is 3.32. The molecular formula is C35H43N5O6S3. The molecule has 4 aromatic rings. The Labute approximate surface area is 293 Å². The van der Waals surface area contributed by atoms with Crippen molar-refractivity contribution in [2.75, 3.05) is 36.8 Å². The number of carbonyl (C=O) groups excluding carboxylic acids is 2. The number of amides is 2. The molecule has 0 radical (unpaired) electrons. The summed E-state index contributed by atoms with van der Waals surface area (Å²) in [5, 5.41) is 7.77. The van der Waals surface area contributed by atoms with E-state index in [1.807, 2.05) is 13.8 Å². The van der Waals surface area contributed by atoms with Gasteiger partial charge < -0.3 is 5.32 Å². The summed E-state index contributed by atoms with van der Waals surface area (Å²) in [5.41, 5.74) is 2.57. The van der Waals surface area contributed by atoms with Gasteiger partial charge in [-0.05, 0) is 73.5 Å². The maximum atomic E-state index is 13.0. The van der Waals surface area contributed by atoms with E-state index >= 15 is 0 Å². The van der Waals surface area contributed by atoms with Crippen LogP contribution in [0.5, 0.6) is 0 Å². The number of anilines is 2. The Morgan fingerprint density at radius 2 is 1.10 bits per heavy atom. The Bertz CT molecular complexity index is 1930. The van der Waals surface area contributed by atoms with Crippen LogP contribution in [0.1, 0.15) is 74.1 Å². The number of thiazole rings is 1. The molecule has 0 aliphatic carbocycles. The highest BCUT2D eigenvalue weighted by Gasteiger charge is 2.24. The van der Waals surface area contributed by atoms with Crippen LogP contribution in [0.15, 0.2) is 88.0 Å². The molecule has 14 heteroatoms. The van der Waals surface area contributed by atoms with Gasteiger partial charge in [0.2, 0.25) is 20.0 Å². The second-order valence-electron chi connectivity index (χ2n) is 11.3. The van der Waals surface area contributed by atoms with Gasteiger partial charge in [-0.3, -0.25) is 14.9 Å². The van der Waals surface area contributed by atoms with E-state index in [1.165, 1.54) is 68.5 Å². The Kier molecular flexibility index (Phi) is 13.2. The largest absolute Gasteiger partial charge is 0.322 e. The molecule has 0 fully saturated rings. The van der Waals surface area contributed by atoms with E-state index in [0.717, 1.165) is 31.2 Å². The van der Waals surface area contributed by atoms with Gasteiger partial charge in [0.15, 0.2) is 5.13 Å². The highest BCUT2D eigenvalue weighted by Crippen LogP contribution is 2.27. The number of benzene rings is 3. The molecule has 0 atom stereocenters. The molecule has 0 saturated heterocycles. The van der Waals surface area contributed by atoms with Crippen molar-refractivity contribution < 1.29 is 26.4 Å². The van der Waals surface area contributed by atoms with Crippen LogP contribution >= 0.6 is 11.3 Å². The third kappa shape index (κ3) is 9.40. The van der Waals surface area contributed by atoms with Crippen molar-refractivity contribution in [1.82, 2.24) is 13.6 Å². The smallest absolute Gasteiger partial charge is 0.257 e. The summed E-state index contributed by atoms with van der Waals surface area (Å²) in [7, 11) is -7.28. The minimum atomic E-state index is -3.64. The summed E-state index contributed by atoms with van der Waals surface area (Å²) < 4.78 is 54.8. The first-order valence-electron chi connectivity index (χ1n) is 16.3. The van der Waals surface area contributed by atoms with Gasteiger partial charge in [0.1, 0.15) is 0 Å². The van der Waals surface area contributed by atoms with Gasteiger partial charge in [0, 0.05) is 53.9 Å². The molecule has 0 spiro atoms. The van der Waals surface area contributed by atoms with Gasteiger partial charge in [0.05, 0.1) is 15.5 Å². The molecule has 0 unspecified atom stereocenters. The second-order valence-corrected chi connectivity index (χ2v) is 16.0. The predicted octanol–water partition coefficient (Wildman–Crippen LogP) is 6.94. The van der Waals surface area contributed by atoms with Crippen molar-refractivity contribution in [3.8, 4) is 11.3 Å². The molecule has 0 saturated carbocycles. The van der Waals surface area contributed by atoms with Gasteiger partial charge in [-0.15, -0.1) is 11.3 Å². The molecule has 4 rings (SSSR count). The molecule has 11 nitrogen and oxygen atoms in total. The highest BCUT2D eigenvalue weighted by atomic mass is 32.2. The Morgan fingerprint density at radius 1 is 0.653 bits per heavy atom. The van der Waals surface area contributed by atoms with Gasteiger partial charge >= 0.3 is 0 Å². The zero-order chi connectivity index (χ0) is 35.6. The van der Waals surface area contributed by atoms with Crippen LogP contribution in [0.2, 0.25) is 0 Å². The van der Waals surface area contributed by atoms with Crippen molar-refractivity contribution in [3.63, 3.8) is 0 Å². The topological polar surface area (TPSA) is 146 Å². The number of sulfonamides is 2. The zero-order valence-electron chi connectivity index (χ0n) is 28.2. The van der Waals surface area contributed by atoms with Crippen molar-refractivity contribution in [2.24, 2.45) is 0 Å². The van der Waals surface area contributed by atoms with Crippen LogP contribution in [0.25, 0.3) is 11.3 Å². The summed E-state index contributed by atoms with van der Waals surface area (Å²) in [6.45, 7) is 9.27. The number of carbonyl (C=O) groups is 2. The maximum absolute atomic E-state index is 13.0. The van der Waals surface area contributed by atoms with Crippen molar-refractivity contribution in [3.05, 3.63) is 89.3 Å². The van der Waals surface area contributed by atoms with Crippen LogP contribution in [0, 0.1) is 0 Å². The molecule has 0 aliphatic heterocycles. The molecule has 0 bridgehead atoms. The molecule has 2 amide bonds. The van der Waals surface area contributed by atoms with Crippen LogP contribution in [-0.2, 0) is 20.0 Å². The summed E-state index contributed by atoms with van der Waals surface area (Å²) in [4.78, 5) is 30.6. The predicted molar refractivity (Wildman–Crippen MR) is 195 cm³/mol. The monoisotopic (exact) mass is 725 g/mol. The average Bonchev–Trinajstić information content (AvgIpc) is 3.57.